The highest BCUT2D eigenvalue weighted by Crippen LogP contribution is 2.58. The fourth-order valence-corrected chi connectivity index (χ4v) is 5.24. The maximum atomic E-state index is 13.2. The maximum absolute atomic E-state index is 13.2. The van der Waals surface area contributed by atoms with E-state index in [1.807, 2.05) is 48.5 Å². The molecular formula is C27H22Cl2N2O4. The molecule has 6 nitrogen and oxygen atoms in total. The van der Waals surface area contributed by atoms with Crippen molar-refractivity contribution >= 4 is 52.4 Å². The molecule has 1 aliphatic carbocycles. The van der Waals surface area contributed by atoms with Crippen LogP contribution in [-0.4, -0.2) is 30.9 Å². The molecule has 5 rings (SSSR count). The van der Waals surface area contributed by atoms with Gasteiger partial charge in [-0.15, -0.1) is 0 Å². The van der Waals surface area contributed by atoms with Crippen molar-refractivity contribution in [2.24, 2.45) is 0 Å². The lowest BCUT2D eigenvalue weighted by Crippen LogP contribution is -2.43. The van der Waals surface area contributed by atoms with Crippen molar-refractivity contribution in [3.63, 3.8) is 0 Å². The average molecular weight is 509 g/mol. The van der Waals surface area contributed by atoms with Gasteiger partial charge in [0.1, 0.15) is 6.04 Å². The van der Waals surface area contributed by atoms with Gasteiger partial charge in [0.15, 0.2) is 0 Å². The Balaban J connectivity index is 1.36. The van der Waals surface area contributed by atoms with Crippen LogP contribution >= 0.6 is 23.2 Å². The average Bonchev–Trinajstić information content (AvgIpc) is 3.62. The molecule has 1 aliphatic heterocycles. The van der Waals surface area contributed by atoms with Crippen molar-refractivity contribution in [1.82, 2.24) is 5.32 Å². The van der Waals surface area contributed by atoms with E-state index in [-0.39, 0.29) is 33.4 Å². The van der Waals surface area contributed by atoms with Crippen molar-refractivity contribution in [3.05, 3.63) is 93.5 Å². The minimum atomic E-state index is -0.949. The van der Waals surface area contributed by atoms with Gasteiger partial charge in [-0.25, -0.2) is 4.79 Å². The third-order valence-corrected chi connectivity index (χ3v) is 7.27. The topological polar surface area (TPSA) is 75.7 Å². The van der Waals surface area contributed by atoms with Crippen LogP contribution in [0.1, 0.15) is 34.3 Å². The molecular weight excluding hydrogens is 487 g/mol. The van der Waals surface area contributed by atoms with E-state index in [1.54, 1.807) is 23.1 Å². The van der Waals surface area contributed by atoms with Gasteiger partial charge in [-0.2, -0.15) is 0 Å². The van der Waals surface area contributed by atoms with Crippen LogP contribution in [0.4, 0.5) is 11.4 Å². The number of esters is 1. The zero-order chi connectivity index (χ0) is 24.7. The molecule has 1 heterocycles. The van der Waals surface area contributed by atoms with Gasteiger partial charge in [-0.3, -0.25) is 14.5 Å². The molecule has 1 saturated carbocycles. The minimum absolute atomic E-state index is 0.0975. The highest BCUT2D eigenvalue weighted by Gasteiger charge is 2.59. The quantitative estimate of drug-likeness (QED) is 0.463. The number of amides is 2. The Kier molecular flexibility index (Phi) is 6.03. The largest absolute Gasteiger partial charge is 0.467 e. The van der Waals surface area contributed by atoms with Gasteiger partial charge in [-0.05, 0) is 54.3 Å². The molecule has 1 atom stereocenters. The fourth-order valence-electron chi connectivity index (χ4n) is 4.67. The van der Waals surface area contributed by atoms with Crippen LogP contribution in [0.3, 0.4) is 0 Å². The Hall–Kier alpha value is -3.35. The maximum Gasteiger partial charge on any atom is 0.328 e. The first-order valence-corrected chi connectivity index (χ1v) is 12.0. The molecule has 0 radical (unpaired) electrons. The predicted octanol–water partition coefficient (Wildman–Crippen LogP) is 5.22. The first kappa shape index (κ1) is 23.4. The number of halogens is 2. The van der Waals surface area contributed by atoms with E-state index in [1.165, 1.54) is 7.11 Å². The first-order chi connectivity index (χ1) is 16.9. The summed E-state index contributed by atoms with van der Waals surface area (Å²) in [4.78, 5) is 40.3. The number of carbonyl (C=O) groups excluding carboxylic acids is 3. The van der Waals surface area contributed by atoms with E-state index in [9.17, 15) is 14.4 Å². The SMILES string of the molecule is COC(=O)[C@H](Cc1ccc(N2C(=O)C3(CC3)c3ccccc32)cc1)NC(=O)c1c(Cl)cccc1Cl. The molecule has 1 N–H and O–H groups in total. The Bertz CT molecular complexity index is 1320. The molecule has 0 saturated heterocycles. The number of anilines is 2. The summed E-state index contributed by atoms with van der Waals surface area (Å²) < 4.78 is 4.90. The van der Waals surface area contributed by atoms with E-state index in [2.05, 4.69) is 5.32 Å². The van der Waals surface area contributed by atoms with Crippen LogP contribution in [0.5, 0.6) is 0 Å². The molecule has 2 amide bonds. The lowest BCUT2D eigenvalue weighted by atomic mass is 9.98. The molecule has 3 aromatic carbocycles. The van der Waals surface area contributed by atoms with Crippen molar-refractivity contribution in [2.75, 3.05) is 12.0 Å². The number of fused-ring (bicyclic) bond motifs is 2. The van der Waals surface area contributed by atoms with Crippen molar-refractivity contribution < 1.29 is 19.1 Å². The summed E-state index contributed by atoms with van der Waals surface area (Å²) >= 11 is 12.3. The molecule has 2 aliphatic rings. The number of nitrogens with zero attached hydrogens (tertiary/aromatic N) is 1. The van der Waals surface area contributed by atoms with E-state index in [0.29, 0.717) is 0 Å². The normalized spacial score (nSPS) is 16.1. The van der Waals surface area contributed by atoms with E-state index < -0.39 is 17.9 Å². The fraction of sp³-hybridized carbons (Fsp3) is 0.222. The number of hydrogen-bond acceptors (Lipinski definition) is 4. The highest BCUT2D eigenvalue weighted by atomic mass is 35.5. The Morgan fingerprint density at radius 1 is 1.00 bits per heavy atom. The van der Waals surface area contributed by atoms with E-state index in [4.69, 9.17) is 27.9 Å². The standard InChI is InChI=1S/C27H22Cl2N2O4/c1-35-25(33)21(30-24(32)23-19(28)6-4-7-20(23)29)15-16-9-11-17(12-10-16)31-22-8-3-2-5-18(22)27(13-14-27)26(31)34/h2-12,21H,13-15H2,1H3,(H,30,32)/t21-/m0/s1. The zero-order valence-electron chi connectivity index (χ0n) is 18.9. The third-order valence-electron chi connectivity index (χ3n) is 6.64. The van der Waals surface area contributed by atoms with Crippen molar-refractivity contribution in [3.8, 4) is 0 Å². The number of ether oxygens (including phenoxy) is 1. The second kappa shape index (κ2) is 9.02. The van der Waals surface area contributed by atoms with Gasteiger partial charge >= 0.3 is 5.97 Å². The molecule has 0 unspecified atom stereocenters. The number of nitrogens with one attached hydrogen (secondary N) is 1. The number of rotatable bonds is 6. The summed E-state index contributed by atoms with van der Waals surface area (Å²) in [6, 6.07) is 19.1. The van der Waals surface area contributed by atoms with Gasteiger partial charge in [0.2, 0.25) is 5.91 Å². The third kappa shape index (κ3) is 4.07. The second-order valence-corrected chi connectivity index (χ2v) is 9.57. The molecule has 35 heavy (non-hydrogen) atoms. The predicted molar refractivity (Wildman–Crippen MR) is 134 cm³/mol. The smallest absolute Gasteiger partial charge is 0.328 e. The number of methoxy groups -OCH3 is 1. The molecule has 1 spiro atoms. The Labute approximate surface area is 212 Å². The molecule has 178 valence electrons. The summed E-state index contributed by atoms with van der Waals surface area (Å²) in [5.74, 6) is -1.06. The summed E-state index contributed by atoms with van der Waals surface area (Å²) in [5.41, 5.74) is 3.27. The molecule has 1 fully saturated rings. The lowest BCUT2D eigenvalue weighted by Gasteiger charge is -2.20. The van der Waals surface area contributed by atoms with Crippen molar-refractivity contribution in [2.45, 2.75) is 30.7 Å². The zero-order valence-corrected chi connectivity index (χ0v) is 20.4. The number of carbonyl (C=O) groups is 3. The van der Waals surface area contributed by atoms with Crippen LogP contribution in [0.15, 0.2) is 66.7 Å². The summed E-state index contributed by atoms with van der Waals surface area (Å²) in [7, 11) is 1.26. The molecule has 8 heteroatoms. The number of hydrogen-bond donors (Lipinski definition) is 1. The first-order valence-electron chi connectivity index (χ1n) is 11.2. The highest BCUT2D eigenvalue weighted by molar-refractivity contribution is 6.39. The molecule has 3 aromatic rings. The summed E-state index contributed by atoms with van der Waals surface area (Å²) in [6.07, 6.45) is 1.93. The second-order valence-electron chi connectivity index (χ2n) is 8.76. The summed E-state index contributed by atoms with van der Waals surface area (Å²) in [6.45, 7) is 0. The number of benzene rings is 3. The lowest BCUT2D eigenvalue weighted by molar-refractivity contribution is -0.142. The van der Waals surface area contributed by atoms with Crippen LogP contribution in [0.25, 0.3) is 0 Å². The van der Waals surface area contributed by atoms with Gasteiger partial charge < -0.3 is 10.1 Å². The van der Waals surface area contributed by atoms with Gasteiger partial charge in [-0.1, -0.05) is 59.6 Å². The Morgan fingerprint density at radius 3 is 2.29 bits per heavy atom. The summed E-state index contributed by atoms with van der Waals surface area (Å²) in [5, 5.41) is 3.05. The van der Waals surface area contributed by atoms with Gasteiger partial charge in [0, 0.05) is 12.1 Å². The van der Waals surface area contributed by atoms with E-state index in [0.717, 1.165) is 35.3 Å². The van der Waals surface area contributed by atoms with E-state index >= 15 is 0 Å². The molecule has 0 bridgehead atoms. The van der Waals surface area contributed by atoms with Crippen LogP contribution < -0.4 is 10.2 Å². The van der Waals surface area contributed by atoms with Crippen molar-refractivity contribution in [1.29, 1.82) is 0 Å². The van der Waals surface area contributed by atoms with Gasteiger partial charge in [0.25, 0.3) is 5.91 Å². The van der Waals surface area contributed by atoms with Crippen LogP contribution in [0.2, 0.25) is 10.0 Å². The number of para-hydroxylation sites is 1. The van der Waals surface area contributed by atoms with Crippen LogP contribution in [0, 0.1) is 0 Å². The monoisotopic (exact) mass is 508 g/mol. The Morgan fingerprint density at radius 2 is 1.66 bits per heavy atom. The molecule has 0 aromatic heterocycles. The minimum Gasteiger partial charge on any atom is -0.467 e. The van der Waals surface area contributed by atoms with Gasteiger partial charge in [0.05, 0.1) is 33.8 Å². The van der Waals surface area contributed by atoms with Crippen LogP contribution in [-0.2, 0) is 26.2 Å².